The molecule has 2 aromatic carbocycles. The number of hydrogen-bond donors (Lipinski definition) is 4. The highest BCUT2D eigenvalue weighted by Crippen LogP contribution is 2.21. The molecule has 0 spiro atoms. The minimum atomic E-state index is -1.00. The normalized spacial score (nSPS) is 19.9. The maximum atomic E-state index is 13.9. The molecule has 15 nitrogen and oxygen atoms in total. The Morgan fingerprint density at radius 3 is 2.36 bits per heavy atom. The number of hydrogen-bond acceptors (Lipinski definition) is 8. The molecule has 5 rings (SSSR count). The molecule has 5 amide bonds. The van der Waals surface area contributed by atoms with Crippen LogP contribution in [0.4, 0.5) is 0 Å². The van der Waals surface area contributed by atoms with Crippen LogP contribution in [0.3, 0.4) is 0 Å². The van der Waals surface area contributed by atoms with Gasteiger partial charge in [-0.25, -0.2) is 9.67 Å². The average Bonchev–Trinajstić information content (AvgIpc) is 3.49. The fraction of sp³-hybridized carbons (Fsp3) is 0.421. The van der Waals surface area contributed by atoms with E-state index in [9.17, 15) is 28.8 Å². The molecule has 3 atom stereocenters. The predicted molar refractivity (Wildman–Crippen MR) is 197 cm³/mol. The lowest BCUT2D eigenvalue weighted by molar-refractivity contribution is -0.132. The van der Waals surface area contributed by atoms with Crippen LogP contribution < -0.4 is 26.8 Å². The van der Waals surface area contributed by atoms with Gasteiger partial charge in [-0.05, 0) is 49.3 Å². The van der Waals surface area contributed by atoms with Gasteiger partial charge < -0.3 is 30.7 Å². The Labute approximate surface area is 307 Å². The Kier molecular flexibility index (Phi) is 12.4. The van der Waals surface area contributed by atoms with E-state index in [1.165, 1.54) is 21.1 Å². The molecule has 2 aromatic heterocycles. The number of fused-ring (bicyclic) bond motifs is 2. The van der Waals surface area contributed by atoms with Crippen LogP contribution >= 0.6 is 0 Å². The van der Waals surface area contributed by atoms with Crippen LogP contribution in [0.5, 0.6) is 0 Å². The van der Waals surface area contributed by atoms with Crippen LogP contribution in [-0.2, 0) is 39.2 Å². The molecule has 0 radical (unpaired) electrons. The molecule has 1 aliphatic rings. The number of nitrogens with one attached hydrogen (secondary N) is 4. The van der Waals surface area contributed by atoms with Crippen LogP contribution in [0.25, 0.3) is 10.9 Å². The zero-order valence-electron chi connectivity index (χ0n) is 30.7. The molecule has 0 unspecified atom stereocenters. The smallest absolute Gasteiger partial charge is 0.263 e. The van der Waals surface area contributed by atoms with Gasteiger partial charge in [0, 0.05) is 39.5 Å². The number of carbonyl (C=O) groups is 5. The number of benzene rings is 2. The largest absolute Gasteiger partial charge is 0.353 e. The van der Waals surface area contributed by atoms with Crippen molar-refractivity contribution in [3.05, 3.63) is 93.8 Å². The third-order valence-corrected chi connectivity index (χ3v) is 9.21. The molecule has 53 heavy (non-hydrogen) atoms. The summed E-state index contributed by atoms with van der Waals surface area (Å²) in [5.41, 5.74) is 0.997. The van der Waals surface area contributed by atoms with E-state index in [2.05, 4.69) is 31.3 Å². The van der Waals surface area contributed by atoms with Gasteiger partial charge in [-0.1, -0.05) is 62.4 Å². The summed E-state index contributed by atoms with van der Waals surface area (Å²) in [5.74, 6) is -1.80. The molecule has 4 aromatic rings. The quantitative estimate of drug-likeness (QED) is 0.244. The van der Waals surface area contributed by atoms with Crippen LogP contribution in [-0.4, -0.2) is 85.5 Å². The van der Waals surface area contributed by atoms with Gasteiger partial charge in [0.2, 0.25) is 23.6 Å². The highest BCUT2D eigenvalue weighted by Gasteiger charge is 2.31. The predicted octanol–water partition coefficient (Wildman–Crippen LogP) is 1.54. The van der Waals surface area contributed by atoms with E-state index in [1.807, 2.05) is 62.4 Å². The Hall–Kier alpha value is -5.86. The topological polar surface area (TPSA) is 189 Å². The first-order valence-electron chi connectivity index (χ1n) is 17.8. The standard InChI is InChI=1S/C38H47N9O6/c1-23(2)33-34-41-25(4)44-47(34)22-32(49)39-17-19-46(38(53)28-21-27-14-9-10-15-30(27)45(5)37(28)52)18-11-16-31(48)40-24(3)35(50)42-29(36(51)43-33)20-26-12-7-6-8-13-26/h6-10,12-15,21,23-24,29,33H,11,16-20,22H2,1-5H3,(H,39,49)(H,40,48)(H,42,50)(H,43,51)/t24-,29+,33-/m0/s1. The number of amides is 5. The van der Waals surface area contributed by atoms with Crippen LogP contribution in [0, 0.1) is 12.8 Å². The minimum absolute atomic E-state index is 0.0259. The summed E-state index contributed by atoms with van der Waals surface area (Å²) in [4.78, 5) is 86.9. The molecular formula is C38H47N9O6. The van der Waals surface area contributed by atoms with Crippen molar-refractivity contribution in [3.63, 3.8) is 0 Å². The fourth-order valence-corrected chi connectivity index (χ4v) is 6.35. The van der Waals surface area contributed by atoms with Gasteiger partial charge in [-0.3, -0.25) is 28.8 Å². The SMILES string of the molecule is Cc1nc2n(n1)CC(=O)NCCN(C(=O)c1cc3ccccc3n(C)c1=O)CCCC(=O)N[C@@H](C)C(=O)N[C@H](Cc1ccccc1)C(=O)N[C@H]2C(C)C. The second-order valence-corrected chi connectivity index (χ2v) is 13.7. The molecule has 0 saturated carbocycles. The van der Waals surface area contributed by atoms with Crippen molar-refractivity contribution in [3.8, 4) is 0 Å². The van der Waals surface area contributed by atoms with Gasteiger partial charge in [-0.15, -0.1) is 0 Å². The van der Waals surface area contributed by atoms with E-state index in [-0.39, 0.29) is 56.9 Å². The van der Waals surface area contributed by atoms with Crippen molar-refractivity contribution >= 4 is 40.4 Å². The second kappa shape index (κ2) is 17.1. The number of carbonyl (C=O) groups excluding carboxylic acids is 5. The maximum Gasteiger partial charge on any atom is 0.263 e. The highest BCUT2D eigenvalue weighted by molar-refractivity contribution is 5.97. The maximum absolute atomic E-state index is 13.9. The van der Waals surface area contributed by atoms with Crippen molar-refractivity contribution < 1.29 is 24.0 Å². The van der Waals surface area contributed by atoms with Crippen molar-refractivity contribution in [1.29, 1.82) is 0 Å². The third-order valence-electron chi connectivity index (χ3n) is 9.21. The lowest BCUT2D eigenvalue weighted by atomic mass is 10.0. The monoisotopic (exact) mass is 725 g/mol. The average molecular weight is 726 g/mol. The lowest BCUT2D eigenvalue weighted by Crippen LogP contribution is -2.54. The molecule has 0 fully saturated rings. The Morgan fingerprint density at radius 2 is 1.62 bits per heavy atom. The first-order valence-corrected chi connectivity index (χ1v) is 17.8. The van der Waals surface area contributed by atoms with Gasteiger partial charge in [0.1, 0.15) is 30.0 Å². The Bertz CT molecular complexity index is 2040. The first kappa shape index (κ1) is 38.4. The minimum Gasteiger partial charge on any atom is -0.353 e. The second-order valence-electron chi connectivity index (χ2n) is 13.7. The highest BCUT2D eigenvalue weighted by atomic mass is 16.2. The van der Waals surface area contributed by atoms with E-state index in [1.54, 1.807) is 26.1 Å². The molecule has 0 aliphatic carbocycles. The van der Waals surface area contributed by atoms with E-state index in [4.69, 9.17) is 0 Å². The van der Waals surface area contributed by atoms with Crippen molar-refractivity contribution in [2.24, 2.45) is 13.0 Å². The zero-order chi connectivity index (χ0) is 38.2. The van der Waals surface area contributed by atoms with Gasteiger partial charge >= 0.3 is 0 Å². The van der Waals surface area contributed by atoms with Gasteiger partial charge in [0.15, 0.2) is 5.82 Å². The summed E-state index contributed by atoms with van der Waals surface area (Å²) in [7, 11) is 1.60. The summed E-state index contributed by atoms with van der Waals surface area (Å²) in [6.07, 6.45) is 0.370. The van der Waals surface area contributed by atoms with Gasteiger partial charge in [0.05, 0.1) is 11.6 Å². The van der Waals surface area contributed by atoms with E-state index < -0.39 is 53.2 Å². The molecule has 3 heterocycles. The molecular weight excluding hydrogens is 678 g/mol. The van der Waals surface area contributed by atoms with Crippen LogP contribution in [0.15, 0.2) is 65.5 Å². The summed E-state index contributed by atoms with van der Waals surface area (Å²) in [5, 5.41) is 16.5. The Balaban J connectivity index is 1.44. The number of nitrogens with zero attached hydrogens (tertiary/aromatic N) is 5. The molecule has 1 aliphatic heterocycles. The first-order chi connectivity index (χ1) is 25.3. The molecule has 15 heteroatoms. The molecule has 4 N–H and O–H groups in total. The molecule has 280 valence electrons. The summed E-state index contributed by atoms with van der Waals surface area (Å²) in [6.45, 7) is 7.01. The van der Waals surface area contributed by atoms with Gasteiger partial charge in [-0.2, -0.15) is 5.10 Å². The number of pyridine rings is 1. The van der Waals surface area contributed by atoms with E-state index in [0.29, 0.717) is 22.6 Å². The number of rotatable bonds is 4. The van der Waals surface area contributed by atoms with Crippen molar-refractivity contribution in [2.75, 3.05) is 19.6 Å². The number of para-hydroxylation sites is 1. The molecule has 0 bridgehead atoms. The molecule has 0 saturated heterocycles. The third kappa shape index (κ3) is 9.53. The lowest BCUT2D eigenvalue weighted by Gasteiger charge is -2.27. The van der Waals surface area contributed by atoms with E-state index >= 15 is 0 Å². The summed E-state index contributed by atoms with van der Waals surface area (Å²) >= 11 is 0. The van der Waals surface area contributed by atoms with Crippen molar-refractivity contribution in [2.45, 2.75) is 71.6 Å². The number of aromatic nitrogens is 4. The Morgan fingerprint density at radius 1 is 0.906 bits per heavy atom. The summed E-state index contributed by atoms with van der Waals surface area (Å²) < 4.78 is 2.87. The van der Waals surface area contributed by atoms with E-state index in [0.717, 1.165) is 5.56 Å². The van der Waals surface area contributed by atoms with Crippen molar-refractivity contribution in [1.82, 2.24) is 45.5 Å². The fourth-order valence-electron chi connectivity index (χ4n) is 6.35. The van der Waals surface area contributed by atoms with Crippen LogP contribution in [0.2, 0.25) is 0 Å². The summed E-state index contributed by atoms with van der Waals surface area (Å²) in [6, 6.07) is 15.4. The van der Waals surface area contributed by atoms with Crippen LogP contribution in [0.1, 0.15) is 67.2 Å². The zero-order valence-corrected chi connectivity index (χ0v) is 30.7. The number of aryl methyl sites for hydroxylation is 2. The van der Waals surface area contributed by atoms with Gasteiger partial charge in [0.25, 0.3) is 11.5 Å².